The van der Waals surface area contributed by atoms with Crippen LogP contribution in [0.3, 0.4) is 0 Å². The molecule has 0 aliphatic carbocycles. The Kier molecular flexibility index (Phi) is 6.77. The summed E-state index contributed by atoms with van der Waals surface area (Å²) in [6.45, 7) is 15.9. The van der Waals surface area contributed by atoms with E-state index in [1.54, 1.807) is 0 Å². The number of hydrogen-bond acceptors (Lipinski definition) is 3. The highest BCUT2D eigenvalue weighted by Gasteiger charge is 2.30. The standard InChI is InChI=1S/C51H42BN2O2/c1-28-22-37(34-24-35-32-12-8-10-14-43(32)55-45(35)26-40(34)53-31-19-16-29(17-20-31)50(2,3)4)48-49-47(28)38-25-36-33-13-9-11-15-44(33)56-46(36)27-42(38)54(49)41-21-18-30(51(5,6)7)23-39(41)52-48/h8-27,53H,1-7H3. The normalized spacial score (nSPS) is 13.1. The molecule has 271 valence electrons. The van der Waals surface area contributed by atoms with E-state index in [1.165, 1.54) is 55.2 Å². The number of hydrogen-bond donors (Lipinski definition) is 1. The fourth-order valence-corrected chi connectivity index (χ4v) is 9.08. The first-order valence-corrected chi connectivity index (χ1v) is 19.7. The van der Waals surface area contributed by atoms with E-state index in [4.69, 9.17) is 8.83 Å². The van der Waals surface area contributed by atoms with Crippen LogP contribution in [-0.2, 0) is 10.8 Å². The van der Waals surface area contributed by atoms with Crippen LogP contribution in [-0.4, -0.2) is 11.8 Å². The monoisotopic (exact) mass is 725 g/mol. The molecular formula is C51H42BN2O2. The Morgan fingerprint density at radius 3 is 1.86 bits per heavy atom. The zero-order chi connectivity index (χ0) is 38.2. The third-order valence-corrected chi connectivity index (χ3v) is 12.0. The lowest BCUT2D eigenvalue weighted by molar-refractivity contribution is 0.590. The van der Waals surface area contributed by atoms with Crippen molar-refractivity contribution >= 4 is 95.3 Å². The van der Waals surface area contributed by atoms with Crippen molar-refractivity contribution in [1.82, 2.24) is 4.57 Å². The lowest BCUT2D eigenvalue weighted by Gasteiger charge is -2.27. The van der Waals surface area contributed by atoms with Crippen LogP contribution in [0.1, 0.15) is 58.2 Å². The Bertz CT molecular complexity index is 3270. The molecule has 0 spiro atoms. The number of anilines is 2. The first kappa shape index (κ1) is 33.2. The molecule has 5 heteroatoms. The topological polar surface area (TPSA) is 43.2 Å². The Hall–Kier alpha value is -6.20. The van der Waals surface area contributed by atoms with Gasteiger partial charge < -0.3 is 18.7 Å². The van der Waals surface area contributed by atoms with Crippen molar-refractivity contribution in [2.24, 2.45) is 0 Å². The van der Waals surface area contributed by atoms with Crippen LogP contribution >= 0.6 is 0 Å². The minimum Gasteiger partial charge on any atom is -0.456 e. The van der Waals surface area contributed by atoms with Crippen molar-refractivity contribution in [2.75, 3.05) is 5.32 Å². The van der Waals surface area contributed by atoms with Gasteiger partial charge in [-0.25, -0.2) is 0 Å². The Balaban J connectivity index is 1.23. The summed E-state index contributed by atoms with van der Waals surface area (Å²) in [6.07, 6.45) is 0. The molecule has 0 unspecified atom stereocenters. The molecule has 4 nitrogen and oxygen atoms in total. The molecule has 7 aromatic carbocycles. The van der Waals surface area contributed by atoms with Gasteiger partial charge in [-0.15, -0.1) is 0 Å². The van der Waals surface area contributed by atoms with Crippen molar-refractivity contribution < 1.29 is 8.83 Å². The molecule has 1 aliphatic heterocycles. The van der Waals surface area contributed by atoms with Gasteiger partial charge in [-0.1, -0.05) is 114 Å². The summed E-state index contributed by atoms with van der Waals surface area (Å²) < 4.78 is 15.5. The zero-order valence-electron chi connectivity index (χ0n) is 32.9. The number of rotatable bonds is 3. The van der Waals surface area contributed by atoms with Gasteiger partial charge in [0.05, 0.1) is 11.2 Å². The van der Waals surface area contributed by atoms with Gasteiger partial charge in [0.15, 0.2) is 7.28 Å². The van der Waals surface area contributed by atoms with Crippen LogP contribution in [0, 0.1) is 6.92 Å². The van der Waals surface area contributed by atoms with Crippen LogP contribution in [0.25, 0.3) is 82.5 Å². The number of benzene rings is 7. The third-order valence-electron chi connectivity index (χ3n) is 12.0. The van der Waals surface area contributed by atoms with E-state index in [1.807, 2.05) is 12.1 Å². The highest BCUT2D eigenvalue weighted by atomic mass is 16.3. The second kappa shape index (κ2) is 11.4. The second-order valence-corrected chi connectivity index (χ2v) is 17.8. The smallest absolute Gasteiger partial charge is 0.197 e. The fourth-order valence-electron chi connectivity index (χ4n) is 9.08. The van der Waals surface area contributed by atoms with Crippen LogP contribution in [0.4, 0.5) is 11.4 Å². The SMILES string of the molecule is Cc1cc(-c2cc3c(cc2Nc2ccc(C(C)(C)C)cc2)oc2ccccc23)c2c3c1c1cc4c(cc1n3-c1ccc(C(C)(C)C)cc1[B]2)oc1ccccc14. The highest BCUT2D eigenvalue weighted by Crippen LogP contribution is 2.44. The maximum Gasteiger partial charge on any atom is 0.197 e. The summed E-state index contributed by atoms with van der Waals surface area (Å²) in [4.78, 5) is 0. The lowest BCUT2D eigenvalue weighted by Crippen LogP contribution is -2.38. The molecule has 0 fully saturated rings. The Morgan fingerprint density at radius 2 is 1.18 bits per heavy atom. The van der Waals surface area contributed by atoms with Crippen molar-refractivity contribution in [1.29, 1.82) is 0 Å². The maximum absolute atomic E-state index is 6.51. The van der Waals surface area contributed by atoms with E-state index >= 15 is 0 Å². The minimum absolute atomic E-state index is 0.000767. The van der Waals surface area contributed by atoms with Crippen LogP contribution < -0.4 is 16.2 Å². The molecule has 0 saturated heterocycles. The summed E-state index contributed by atoms with van der Waals surface area (Å²) in [7, 11) is 2.43. The summed E-state index contributed by atoms with van der Waals surface area (Å²) >= 11 is 0. The Labute approximate surface area is 327 Å². The molecule has 56 heavy (non-hydrogen) atoms. The number of furan rings is 2. The number of nitrogens with zero attached hydrogens (tertiary/aromatic N) is 1. The number of para-hydroxylation sites is 2. The van der Waals surface area contributed by atoms with Gasteiger partial charge in [0.2, 0.25) is 0 Å². The van der Waals surface area contributed by atoms with Gasteiger partial charge in [-0.3, -0.25) is 0 Å². The summed E-state index contributed by atoms with van der Waals surface area (Å²) in [5, 5.41) is 10.9. The average Bonchev–Trinajstić information content (AvgIpc) is 3.83. The molecule has 4 heterocycles. The molecule has 1 aliphatic rings. The molecule has 1 radical (unpaired) electrons. The summed E-state index contributed by atoms with van der Waals surface area (Å²) in [5.41, 5.74) is 17.8. The van der Waals surface area contributed by atoms with Crippen LogP contribution in [0.2, 0.25) is 0 Å². The Morgan fingerprint density at radius 1 is 0.554 bits per heavy atom. The van der Waals surface area contributed by atoms with Gasteiger partial charge in [-0.2, -0.15) is 0 Å². The largest absolute Gasteiger partial charge is 0.456 e. The molecule has 11 rings (SSSR count). The molecule has 3 aromatic heterocycles. The van der Waals surface area contributed by atoms with Gasteiger partial charge in [0.25, 0.3) is 0 Å². The van der Waals surface area contributed by atoms with Crippen molar-refractivity contribution in [3.63, 3.8) is 0 Å². The summed E-state index contributed by atoms with van der Waals surface area (Å²) in [6, 6.07) is 44.1. The third kappa shape index (κ3) is 4.86. The fraction of sp³-hybridized carbons (Fsp3) is 0.176. The van der Waals surface area contributed by atoms with E-state index in [2.05, 4.69) is 175 Å². The molecule has 10 aromatic rings. The second-order valence-electron chi connectivity index (χ2n) is 17.8. The molecule has 0 atom stereocenters. The minimum atomic E-state index is 0.000767. The molecule has 0 amide bonds. The van der Waals surface area contributed by atoms with Gasteiger partial charge >= 0.3 is 0 Å². The first-order valence-electron chi connectivity index (χ1n) is 19.7. The van der Waals surface area contributed by atoms with Crippen molar-refractivity contribution in [2.45, 2.75) is 59.3 Å². The van der Waals surface area contributed by atoms with Crippen molar-refractivity contribution in [3.8, 4) is 16.8 Å². The molecular weight excluding hydrogens is 683 g/mol. The molecule has 0 bridgehead atoms. The van der Waals surface area contributed by atoms with E-state index in [0.29, 0.717) is 0 Å². The summed E-state index contributed by atoms with van der Waals surface area (Å²) in [5.74, 6) is 0. The van der Waals surface area contributed by atoms with Crippen molar-refractivity contribution in [3.05, 3.63) is 138 Å². The molecule has 1 N–H and O–H groups in total. The lowest BCUT2D eigenvalue weighted by atomic mass is 9.58. The van der Waals surface area contributed by atoms with Gasteiger partial charge in [0.1, 0.15) is 22.3 Å². The average molecular weight is 726 g/mol. The van der Waals surface area contributed by atoms with E-state index in [9.17, 15) is 0 Å². The number of fused-ring (bicyclic) bond motifs is 11. The highest BCUT2D eigenvalue weighted by molar-refractivity contribution is 6.73. The predicted molar refractivity (Wildman–Crippen MR) is 238 cm³/mol. The number of aromatic nitrogens is 1. The van der Waals surface area contributed by atoms with Crippen LogP contribution in [0.15, 0.2) is 130 Å². The molecule has 0 saturated carbocycles. The van der Waals surface area contributed by atoms with E-state index < -0.39 is 0 Å². The first-order chi connectivity index (χ1) is 26.9. The van der Waals surface area contributed by atoms with E-state index in [0.717, 1.165) is 66.3 Å². The van der Waals surface area contributed by atoms with Crippen LogP contribution in [0.5, 0.6) is 0 Å². The van der Waals surface area contributed by atoms with Gasteiger partial charge in [0, 0.05) is 66.9 Å². The number of aryl methyl sites for hydroxylation is 1. The van der Waals surface area contributed by atoms with Gasteiger partial charge in [-0.05, 0) is 87.9 Å². The van der Waals surface area contributed by atoms with E-state index in [-0.39, 0.29) is 10.8 Å². The quantitative estimate of drug-likeness (QED) is 0.184. The zero-order valence-corrected chi connectivity index (χ0v) is 32.9. The maximum atomic E-state index is 6.51. The predicted octanol–water partition coefficient (Wildman–Crippen LogP) is 12.9. The number of nitrogens with one attached hydrogen (secondary N) is 1.